The summed E-state index contributed by atoms with van der Waals surface area (Å²) in [6.45, 7) is 0.109. The van der Waals surface area contributed by atoms with Gasteiger partial charge in [0.2, 0.25) is 5.91 Å². The number of rotatable bonds is 3. The SMILES string of the molecule is Nc1ccn(CC(=O)Nc2ccc(Cl)c(Br)c2)n1. The van der Waals surface area contributed by atoms with Gasteiger partial charge in [-0.1, -0.05) is 11.6 Å². The molecule has 1 aromatic carbocycles. The Hall–Kier alpha value is -1.53. The minimum absolute atomic E-state index is 0.109. The molecule has 0 fully saturated rings. The number of aromatic nitrogens is 2. The summed E-state index contributed by atoms with van der Waals surface area (Å²) in [4.78, 5) is 11.7. The van der Waals surface area contributed by atoms with E-state index in [-0.39, 0.29) is 12.5 Å². The Labute approximate surface area is 117 Å². The second kappa shape index (κ2) is 5.41. The molecular formula is C11H10BrClN4O. The van der Waals surface area contributed by atoms with E-state index in [1.165, 1.54) is 4.68 Å². The van der Waals surface area contributed by atoms with Crippen molar-refractivity contribution < 1.29 is 4.79 Å². The average Bonchev–Trinajstić information content (AvgIpc) is 2.69. The number of hydrogen-bond acceptors (Lipinski definition) is 3. The molecule has 94 valence electrons. The molecule has 0 saturated carbocycles. The van der Waals surface area contributed by atoms with Crippen LogP contribution in [0.3, 0.4) is 0 Å². The normalized spacial score (nSPS) is 10.3. The van der Waals surface area contributed by atoms with Gasteiger partial charge in [0.15, 0.2) is 0 Å². The maximum atomic E-state index is 11.7. The molecule has 2 aromatic rings. The topological polar surface area (TPSA) is 72.9 Å². The van der Waals surface area contributed by atoms with E-state index in [2.05, 4.69) is 26.3 Å². The van der Waals surface area contributed by atoms with Crippen LogP contribution >= 0.6 is 27.5 Å². The molecule has 5 nitrogen and oxygen atoms in total. The van der Waals surface area contributed by atoms with Crippen LogP contribution in [0.25, 0.3) is 0 Å². The molecule has 0 aliphatic heterocycles. The van der Waals surface area contributed by atoms with E-state index in [9.17, 15) is 4.79 Å². The number of carbonyl (C=O) groups is 1. The standard InChI is InChI=1S/C11H10BrClN4O/c12-8-5-7(1-2-9(8)13)15-11(18)6-17-4-3-10(14)16-17/h1-5H,6H2,(H2,14,16)(H,15,18). The summed E-state index contributed by atoms with van der Waals surface area (Å²) in [5.74, 6) is 0.198. The van der Waals surface area contributed by atoms with Crippen LogP contribution in [-0.2, 0) is 11.3 Å². The maximum Gasteiger partial charge on any atom is 0.246 e. The van der Waals surface area contributed by atoms with Crippen LogP contribution in [0.2, 0.25) is 5.02 Å². The number of amides is 1. The first-order valence-corrected chi connectivity index (χ1v) is 6.25. The van der Waals surface area contributed by atoms with E-state index in [0.29, 0.717) is 16.5 Å². The van der Waals surface area contributed by atoms with Gasteiger partial charge in [0.1, 0.15) is 12.4 Å². The third-order valence-electron chi connectivity index (χ3n) is 2.17. The van der Waals surface area contributed by atoms with Gasteiger partial charge in [-0.15, -0.1) is 0 Å². The van der Waals surface area contributed by atoms with E-state index in [1.807, 2.05) is 0 Å². The molecule has 1 amide bonds. The van der Waals surface area contributed by atoms with Crippen LogP contribution in [0, 0.1) is 0 Å². The molecule has 1 aromatic heterocycles. The van der Waals surface area contributed by atoms with E-state index >= 15 is 0 Å². The maximum absolute atomic E-state index is 11.7. The summed E-state index contributed by atoms with van der Waals surface area (Å²) >= 11 is 9.15. The fourth-order valence-corrected chi connectivity index (χ4v) is 1.88. The summed E-state index contributed by atoms with van der Waals surface area (Å²) in [5, 5.41) is 7.26. The predicted octanol–water partition coefficient (Wildman–Crippen LogP) is 2.52. The molecule has 0 bridgehead atoms. The van der Waals surface area contributed by atoms with Crippen LogP contribution < -0.4 is 11.1 Å². The molecular weight excluding hydrogens is 320 g/mol. The zero-order chi connectivity index (χ0) is 13.1. The lowest BCUT2D eigenvalue weighted by Crippen LogP contribution is -2.19. The third-order valence-corrected chi connectivity index (χ3v) is 3.38. The van der Waals surface area contributed by atoms with Gasteiger partial charge in [0.25, 0.3) is 0 Å². The Bertz CT molecular complexity index is 584. The van der Waals surface area contributed by atoms with Crippen molar-refractivity contribution in [3.63, 3.8) is 0 Å². The van der Waals surface area contributed by atoms with Crippen molar-refractivity contribution in [3.8, 4) is 0 Å². The minimum Gasteiger partial charge on any atom is -0.382 e. The van der Waals surface area contributed by atoms with Crippen molar-refractivity contribution in [1.82, 2.24) is 9.78 Å². The van der Waals surface area contributed by atoms with Gasteiger partial charge in [-0.2, -0.15) is 5.10 Å². The minimum atomic E-state index is -0.188. The zero-order valence-corrected chi connectivity index (χ0v) is 11.6. The molecule has 0 unspecified atom stereocenters. The van der Waals surface area contributed by atoms with E-state index in [0.717, 1.165) is 4.47 Å². The predicted molar refractivity (Wildman–Crippen MR) is 74.4 cm³/mol. The van der Waals surface area contributed by atoms with Crippen molar-refractivity contribution in [2.45, 2.75) is 6.54 Å². The molecule has 1 heterocycles. The molecule has 3 N–H and O–H groups in total. The molecule has 0 spiro atoms. The second-order valence-corrected chi connectivity index (χ2v) is 4.88. The lowest BCUT2D eigenvalue weighted by atomic mass is 10.3. The molecule has 0 radical (unpaired) electrons. The number of halogens is 2. The number of carbonyl (C=O) groups excluding carboxylic acids is 1. The van der Waals surface area contributed by atoms with Crippen molar-refractivity contribution in [2.75, 3.05) is 11.1 Å². The summed E-state index contributed by atoms with van der Waals surface area (Å²) in [6.07, 6.45) is 1.65. The highest BCUT2D eigenvalue weighted by atomic mass is 79.9. The molecule has 0 atom stereocenters. The lowest BCUT2D eigenvalue weighted by molar-refractivity contribution is -0.116. The van der Waals surface area contributed by atoms with Crippen LogP contribution in [0.5, 0.6) is 0 Å². The highest BCUT2D eigenvalue weighted by molar-refractivity contribution is 9.10. The first kappa shape index (κ1) is 12.9. The number of nitrogens with one attached hydrogen (secondary N) is 1. The molecule has 0 saturated heterocycles. The van der Waals surface area contributed by atoms with Gasteiger partial charge in [-0.3, -0.25) is 9.48 Å². The molecule has 0 aliphatic rings. The fourth-order valence-electron chi connectivity index (χ4n) is 1.39. The molecule has 2 rings (SSSR count). The average molecular weight is 330 g/mol. The number of nitrogen functional groups attached to an aromatic ring is 1. The molecule has 0 aliphatic carbocycles. The Morgan fingerprint density at radius 2 is 2.28 bits per heavy atom. The lowest BCUT2D eigenvalue weighted by Gasteiger charge is -2.06. The quantitative estimate of drug-likeness (QED) is 0.909. The summed E-state index contributed by atoms with van der Waals surface area (Å²) in [6, 6.07) is 6.79. The van der Waals surface area contributed by atoms with Crippen molar-refractivity contribution in [2.24, 2.45) is 0 Å². The zero-order valence-electron chi connectivity index (χ0n) is 9.23. The van der Waals surface area contributed by atoms with Crippen LogP contribution in [0.4, 0.5) is 11.5 Å². The van der Waals surface area contributed by atoms with E-state index in [4.69, 9.17) is 17.3 Å². The van der Waals surface area contributed by atoms with Crippen molar-refractivity contribution in [3.05, 3.63) is 40.0 Å². The largest absolute Gasteiger partial charge is 0.382 e. The van der Waals surface area contributed by atoms with Gasteiger partial charge >= 0.3 is 0 Å². The third kappa shape index (κ3) is 3.24. The van der Waals surface area contributed by atoms with Crippen LogP contribution in [0.15, 0.2) is 34.9 Å². The monoisotopic (exact) mass is 328 g/mol. The fraction of sp³-hybridized carbons (Fsp3) is 0.0909. The smallest absolute Gasteiger partial charge is 0.246 e. The second-order valence-electron chi connectivity index (χ2n) is 3.62. The number of hydrogen-bond donors (Lipinski definition) is 2. The highest BCUT2D eigenvalue weighted by Gasteiger charge is 2.06. The first-order valence-electron chi connectivity index (χ1n) is 5.08. The van der Waals surface area contributed by atoms with Crippen molar-refractivity contribution >= 4 is 44.9 Å². The summed E-state index contributed by atoms with van der Waals surface area (Å²) in [7, 11) is 0. The molecule has 7 heteroatoms. The number of anilines is 2. The van der Waals surface area contributed by atoms with Crippen molar-refractivity contribution in [1.29, 1.82) is 0 Å². The Morgan fingerprint density at radius 3 is 2.89 bits per heavy atom. The number of benzene rings is 1. The number of nitrogens with two attached hydrogens (primary N) is 1. The highest BCUT2D eigenvalue weighted by Crippen LogP contribution is 2.25. The first-order chi connectivity index (χ1) is 8.54. The Morgan fingerprint density at radius 1 is 1.50 bits per heavy atom. The van der Waals surface area contributed by atoms with Gasteiger partial charge in [-0.05, 0) is 40.2 Å². The van der Waals surface area contributed by atoms with E-state index < -0.39 is 0 Å². The number of nitrogens with zero attached hydrogens (tertiary/aromatic N) is 2. The van der Waals surface area contributed by atoms with Gasteiger partial charge < -0.3 is 11.1 Å². The summed E-state index contributed by atoms with van der Waals surface area (Å²) < 4.78 is 2.20. The van der Waals surface area contributed by atoms with Crippen LogP contribution in [0.1, 0.15) is 0 Å². The van der Waals surface area contributed by atoms with Crippen LogP contribution in [-0.4, -0.2) is 15.7 Å². The Kier molecular flexibility index (Phi) is 3.88. The van der Waals surface area contributed by atoms with Gasteiger partial charge in [0, 0.05) is 16.4 Å². The summed E-state index contributed by atoms with van der Waals surface area (Å²) in [5.41, 5.74) is 6.12. The van der Waals surface area contributed by atoms with Gasteiger partial charge in [-0.25, -0.2) is 0 Å². The Balaban J connectivity index is 2.00. The van der Waals surface area contributed by atoms with Gasteiger partial charge in [0.05, 0.1) is 5.02 Å². The molecule has 18 heavy (non-hydrogen) atoms. The van der Waals surface area contributed by atoms with E-state index in [1.54, 1.807) is 30.5 Å².